The molecule has 0 spiro atoms. The van der Waals surface area contributed by atoms with Crippen LogP contribution in [0.1, 0.15) is 23.6 Å². The number of para-hydroxylation sites is 1. The number of nitrogens with two attached hydrogens (primary N) is 1. The summed E-state index contributed by atoms with van der Waals surface area (Å²) in [6.45, 7) is 0.206. The number of hydrogen-bond acceptors (Lipinski definition) is 7. The first-order valence-corrected chi connectivity index (χ1v) is 8.82. The largest absolute Gasteiger partial charge is 0.454 e. The molecule has 0 aliphatic carbocycles. The summed E-state index contributed by atoms with van der Waals surface area (Å²) in [6, 6.07) is 14.6. The average Bonchev–Trinajstić information content (AvgIpc) is 3.09. The molecule has 1 atom stereocenters. The van der Waals surface area contributed by atoms with Crippen LogP contribution in [-0.4, -0.2) is 18.5 Å². The molecule has 140 valence electrons. The van der Waals surface area contributed by atoms with Gasteiger partial charge in [0.05, 0.1) is 11.3 Å². The van der Waals surface area contributed by atoms with Gasteiger partial charge in [-0.15, -0.1) is 5.10 Å². The summed E-state index contributed by atoms with van der Waals surface area (Å²) in [6.07, 6.45) is 0.427. The molecule has 1 aromatic heterocycles. The van der Waals surface area contributed by atoms with Crippen molar-refractivity contribution in [1.82, 2.24) is 5.43 Å². The number of ether oxygens (including phenoxy) is 2. The summed E-state index contributed by atoms with van der Waals surface area (Å²) >= 11 is 0. The fourth-order valence-electron chi connectivity index (χ4n) is 3.40. The van der Waals surface area contributed by atoms with Crippen molar-refractivity contribution in [2.45, 2.75) is 12.5 Å². The molecule has 0 radical (unpaired) electrons. The Kier molecular flexibility index (Phi) is 3.75. The van der Waals surface area contributed by atoms with Crippen molar-refractivity contribution in [1.29, 1.82) is 0 Å². The van der Waals surface area contributed by atoms with Gasteiger partial charge in [-0.1, -0.05) is 24.3 Å². The highest BCUT2D eigenvalue weighted by molar-refractivity contribution is 6.03. The monoisotopic (exact) mass is 377 g/mol. The molecule has 5 rings (SSSR count). The normalized spacial score (nSPS) is 18.2. The molecule has 28 heavy (non-hydrogen) atoms. The molecule has 2 aliphatic rings. The molecule has 0 unspecified atom stereocenters. The molecular formula is C20H17N4O4+. The van der Waals surface area contributed by atoms with Crippen molar-refractivity contribution in [3.05, 3.63) is 70.1 Å². The second-order valence-corrected chi connectivity index (χ2v) is 6.58. The Balaban J connectivity index is 1.55. The lowest BCUT2D eigenvalue weighted by Crippen LogP contribution is -2.78. The van der Waals surface area contributed by atoms with E-state index in [0.717, 1.165) is 10.9 Å². The summed E-state index contributed by atoms with van der Waals surface area (Å²) in [4.78, 5) is 15.7. The van der Waals surface area contributed by atoms with Crippen LogP contribution < -0.4 is 31.3 Å². The third-order valence-corrected chi connectivity index (χ3v) is 4.79. The fourth-order valence-corrected chi connectivity index (χ4v) is 3.40. The first-order chi connectivity index (χ1) is 13.7. The van der Waals surface area contributed by atoms with E-state index in [1.54, 1.807) is 12.1 Å². The molecule has 8 nitrogen and oxygen atoms in total. The van der Waals surface area contributed by atoms with Crippen molar-refractivity contribution in [3.63, 3.8) is 0 Å². The lowest BCUT2D eigenvalue weighted by atomic mass is 9.97. The molecule has 0 fully saturated rings. The van der Waals surface area contributed by atoms with Crippen LogP contribution in [0.25, 0.3) is 11.0 Å². The van der Waals surface area contributed by atoms with E-state index in [1.165, 1.54) is 0 Å². The molecule has 3 heterocycles. The second kappa shape index (κ2) is 6.41. The molecule has 0 bridgehead atoms. The maximum Gasteiger partial charge on any atom is 0.365 e. The summed E-state index contributed by atoms with van der Waals surface area (Å²) in [5.74, 6) is 1.68. The van der Waals surface area contributed by atoms with Crippen LogP contribution in [0, 0.1) is 0 Å². The Hall–Kier alpha value is -3.81. The molecule has 4 N–H and O–H groups in total. The number of hydrazone groups is 1. The molecular weight excluding hydrogens is 360 g/mol. The maximum absolute atomic E-state index is 12.6. The standard InChI is InChI=1S/C20H16N4O4/c21-20-22-14(11-5-6-17-18(8-11)27-10-26-17)9-15(23-24-20)13-7-12-3-1-2-4-16(12)28-19(13)25/h1-8,14H,9-10H2,(H3,21,22,24)/p+1/t14-/m1/s1. The highest BCUT2D eigenvalue weighted by Gasteiger charge is 2.25. The van der Waals surface area contributed by atoms with E-state index >= 15 is 0 Å². The van der Waals surface area contributed by atoms with Crippen LogP contribution in [0.15, 0.2) is 62.8 Å². The van der Waals surface area contributed by atoms with Crippen molar-refractivity contribution in [2.75, 3.05) is 6.79 Å². The lowest BCUT2D eigenvalue weighted by molar-refractivity contribution is -0.510. The first-order valence-electron chi connectivity index (χ1n) is 8.82. The average molecular weight is 377 g/mol. The van der Waals surface area contributed by atoms with Crippen molar-refractivity contribution >= 4 is 22.6 Å². The van der Waals surface area contributed by atoms with Gasteiger partial charge in [-0.25, -0.2) is 4.79 Å². The quantitative estimate of drug-likeness (QED) is 0.556. The van der Waals surface area contributed by atoms with E-state index < -0.39 is 5.63 Å². The number of hydrogen-bond donors (Lipinski definition) is 3. The predicted octanol–water partition coefficient (Wildman–Crippen LogP) is 0.356. The third-order valence-electron chi connectivity index (χ3n) is 4.79. The van der Waals surface area contributed by atoms with E-state index in [2.05, 4.69) is 15.5 Å². The van der Waals surface area contributed by atoms with Gasteiger partial charge in [0, 0.05) is 11.8 Å². The van der Waals surface area contributed by atoms with Crippen molar-refractivity contribution < 1.29 is 18.9 Å². The Bertz CT molecular complexity index is 1200. The van der Waals surface area contributed by atoms with Gasteiger partial charge < -0.3 is 13.9 Å². The molecule has 0 saturated heterocycles. The zero-order valence-electron chi connectivity index (χ0n) is 14.8. The molecule has 3 aromatic rings. The number of nitrogens with one attached hydrogen (secondary N) is 2. The number of benzene rings is 2. The predicted molar refractivity (Wildman–Crippen MR) is 102 cm³/mol. The summed E-state index contributed by atoms with van der Waals surface area (Å²) in [5, 5.41) is 5.14. The minimum Gasteiger partial charge on any atom is -0.454 e. The van der Waals surface area contributed by atoms with Gasteiger partial charge in [-0.2, -0.15) is 5.43 Å². The minimum atomic E-state index is -0.441. The third kappa shape index (κ3) is 2.84. The number of fused-ring (bicyclic) bond motifs is 2. The summed E-state index contributed by atoms with van der Waals surface area (Å²) in [7, 11) is 0. The molecule has 0 saturated carbocycles. The highest BCUT2D eigenvalue weighted by Crippen LogP contribution is 2.34. The molecule has 2 aromatic carbocycles. The van der Waals surface area contributed by atoms with E-state index in [1.807, 2.05) is 36.4 Å². The van der Waals surface area contributed by atoms with Crippen LogP contribution >= 0.6 is 0 Å². The van der Waals surface area contributed by atoms with Gasteiger partial charge in [-0.05, 0) is 29.8 Å². The summed E-state index contributed by atoms with van der Waals surface area (Å²) < 4.78 is 16.3. The zero-order chi connectivity index (χ0) is 19.1. The van der Waals surface area contributed by atoms with Crippen LogP contribution in [0.2, 0.25) is 0 Å². The van der Waals surface area contributed by atoms with E-state index in [0.29, 0.717) is 40.7 Å². The van der Waals surface area contributed by atoms with Crippen molar-refractivity contribution in [3.8, 4) is 11.5 Å². The topological polar surface area (TPSA) is 113 Å². The molecule has 0 amide bonds. The highest BCUT2D eigenvalue weighted by atomic mass is 16.7. The Morgan fingerprint density at radius 2 is 1.96 bits per heavy atom. The van der Waals surface area contributed by atoms with Crippen LogP contribution in [0.5, 0.6) is 11.5 Å². The van der Waals surface area contributed by atoms with E-state index in [-0.39, 0.29) is 12.8 Å². The smallest absolute Gasteiger partial charge is 0.365 e. The van der Waals surface area contributed by atoms with Gasteiger partial charge in [0.2, 0.25) is 6.79 Å². The number of nitrogens with zero attached hydrogens (tertiary/aromatic N) is 1. The van der Waals surface area contributed by atoms with Gasteiger partial charge in [-0.3, -0.25) is 10.7 Å². The van der Waals surface area contributed by atoms with Gasteiger partial charge >= 0.3 is 11.6 Å². The Morgan fingerprint density at radius 1 is 1.11 bits per heavy atom. The van der Waals surface area contributed by atoms with Gasteiger partial charge in [0.15, 0.2) is 11.5 Å². The van der Waals surface area contributed by atoms with Crippen LogP contribution in [0.3, 0.4) is 0 Å². The van der Waals surface area contributed by atoms with Gasteiger partial charge in [0.1, 0.15) is 11.6 Å². The molecule has 2 aliphatic heterocycles. The fraction of sp³-hybridized carbons (Fsp3) is 0.150. The first kappa shape index (κ1) is 16.4. The van der Waals surface area contributed by atoms with Crippen LogP contribution in [-0.2, 0) is 0 Å². The van der Waals surface area contributed by atoms with Crippen LogP contribution in [0.4, 0.5) is 0 Å². The number of guanidine groups is 1. The zero-order valence-corrected chi connectivity index (χ0v) is 14.8. The van der Waals surface area contributed by atoms with E-state index in [4.69, 9.17) is 19.6 Å². The number of rotatable bonds is 2. The minimum absolute atomic E-state index is 0.206. The van der Waals surface area contributed by atoms with Crippen molar-refractivity contribution in [2.24, 2.45) is 10.8 Å². The van der Waals surface area contributed by atoms with Gasteiger partial charge in [0.25, 0.3) is 0 Å². The second-order valence-electron chi connectivity index (χ2n) is 6.58. The Morgan fingerprint density at radius 3 is 2.89 bits per heavy atom. The maximum atomic E-state index is 12.6. The molecule has 8 heteroatoms. The summed E-state index contributed by atoms with van der Waals surface area (Å²) in [5.41, 5.74) is 10.7. The van der Waals surface area contributed by atoms with E-state index in [9.17, 15) is 4.79 Å². The Labute approximate surface area is 159 Å². The SMILES string of the molecule is NC1=[NH+][C@@H](c2ccc3c(c2)OCO3)CC(c2cc3ccccc3oc2=O)=NN1. The lowest BCUT2D eigenvalue weighted by Gasteiger charge is -2.12.